The minimum Gasteiger partial charge on any atom is -0.0759 e. The molecule has 0 aliphatic heterocycles. The summed E-state index contributed by atoms with van der Waals surface area (Å²) in [6.45, 7) is 6.59. The summed E-state index contributed by atoms with van der Waals surface area (Å²) < 4.78 is 0. The van der Waals surface area contributed by atoms with Crippen LogP contribution in [0.4, 0.5) is 0 Å². The lowest BCUT2D eigenvalue weighted by Crippen LogP contribution is -1.95. The first kappa shape index (κ1) is 12.2. The molecule has 0 aromatic heterocycles. The summed E-state index contributed by atoms with van der Waals surface area (Å²) in [5.74, 6) is 0. The van der Waals surface area contributed by atoms with Crippen molar-refractivity contribution >= 4 is 5.57 Å². The van der Waals surface area contributed by atoms with Crippen LogP contribution in [0.3, 0.4) is 0 Å². The Kier molecular flexibility index (Phi) is 3.02. The SMILES string of the molecule is Cc1ccc(CC2=CCc3c(C)ccc(C)c32)cc1. The van der Waals surface area contributed by atoms with Crippen molar-refractivity contribution in [2.24, 2.45) is 0 Å². The van der Waals surface area contributed by atoms with Crippen LogP contribution in [0.5, 0.6) is 0 Å². The minimum atomic E-state index is 1.05. The molecule has 3 rings (SSSR count). The predicted molar refractivity (Wildman–Crippen MR) is 82.5 cm³/mol. The van der Waals surface area contributed by atoms with Crippen molar-refractivity contribution in [3.05, 3.63) is 75.9 Å². The van der Waals surface area contributed by atoms with E-state index in [9.17, 15) is 0 Å². The Morgan fingerprint density at radius 3 is 2.26 bits per heavy atom. The maximum absolute atomic E-state index is 2.41. The van der Waals surface area contributed by atoms with Crippen molar-refractivity contribution in [1.29, 1.82) is 0 Å². The molecule has 2 aromatic carbocycles. The van der Waals surface area contributed by atoms with E-state index in [-0.39, 0.29) is 0 Å². The van der Waals surface area contributed by atoms with Gasteiger partial charge in [-0.05, 0) is 67.0 Å². The lowest BCUT2D eigenvalue weighted by Gasteiger charge is -2.12. The Morgan fingerprint density at radius 2 is 1.53 bits per heavy atom. The third-order valence-electron chi connectivity index (χ3n) is 4.14. The first-order chi connectivity index (χ1) is 9.15. The molecule has 0 spiro atoms. The van der Waals surface area contributed by atoms with E-state index in [1.807, 2.05) is 0 Å². The van der Waals surface area contributed by atoms with Crippen LogP contribution in [-0.2, 0) is 12.8 Å². The highest BCUT2D eigenvalue weighted by Crippen LogP contribution is 2.34. The Balaban J connectivity index is 1.94. The molecule has 0 heterocycles. The van der Waals surface area contributed by atoms with Gasteiger partial charge in [0, 0.05) is 0 Å². The van der Waals surface area contributed by atoms with Gasteiger partial charge in [-0.3, -0.25) is 0 Å². The summed E-state index contributed by atoms with van der Waals surface area (Å²) in [6, 6.07) is 13.4. The van der Waals surface area contributed by atoms with Crippen LogP contribution in [0, 0.1) is 20.8 Å². The van der Waals surface area contributed by atoms with E-state index in [1.165, 1.54) is 39.0 Å². The molecule has 0 bridgehead atoms. The molecule has 96 valence electrons. The van der Waals surface area contributed by atoms with Gasteiger partial charge in [-0.15, -0.1) is 0 Å². The number of hydrogen-bond donors (Lipinski definition) is 0. The molecular weight excluding hydrogens is 228 g/mol. The highest BCUT2D eigenvalue weighted by molar-refractivity contribution is 5.77. The fraction of sp³-hybridized carbons (Fsp3) is 0.263. The van der Waals surface area contributed by atoms with Crippen LogP contribution < -0.4 is 0 Å². The van der Waals surface area contributed by atoms with E-state index in [4.69, 9.17) is 0 Å². The second-order valence-corrected chi connectivity index (χ2v) is 5.65. The first-order valence-corrected chi connectivity index (χ1v) is 6.99. The molecule has 0 nitrogen and oxygen atoms in total. The zero-order valence-electron chi connectivity index (χ0n) is 12.0. The van der Waals surface area contributed by atoms with Crippen LogP contribution in [0.15, 0.2) is 42.5 Å². The Labute approximate surface area is 115 Å². The fourth-order valence-corrected chi connectivity index (χ4v) is 2.99. The number of fused-ring (bicyclic) bond motifs is 1. The fourth-order valence-electron chi connectivity index (χ4n) is 2.99. The molecule has 1 aliphatic carbocycles. The monoisotopic (exact) mass is 248 g/mol. The molecule has 0 saturated heterocycles. The topological polar surface area (TPSA) is 0 Å². The van der Waals surface area contributed by atoms with Crippen molar-refractivity contribution in [2.75, 3.05) is 0 Å². The smallest absolute Gasteiger partial charge is 0.00227 e. The van der Waals surface area contributed by atoms with Crippen LogP contribution >= 0.6 is 0 Å². The normalized spacial score (nSPS) is 13.3. The standard InChI is InChI=1S/C19H20/c1-13-4-8-16(9-5-13)12-17-10-11-18-14(2)6-7-15(3)19(17)18/h4-10H,11-12H2,1-3H3. The van der Waals surface area contributed by atoms with Gasteiger partial charge in [0.15, 0.2) is 0 Å². The van der Waals surface area contributed by atoms with E-state index >= 15 is 0 Å². The third-order valence-corrected chi connectivity index (χ3v) is 4.14. The summed E-state index contributed by atoms with van der Waals surface area (Å²) in [7, 11) is 0. The summed E-state index contributed by atoms with van der Waals surface area (Å²) in [6.07, 6.45) is 4.56. The second-order valence-electron chi connectivity index (χ2n) is 5.65. The van der Waals surface area contributed by atoms with Crippen molar-refractivity contribution < 1.29 is 0 Å². The summed E-state index contributed by atoms with van der Waals surface area (Å²) >= 11 is 0. The van der Waals surface area contributed by atoms with Crippen molar-refractivity contribution in [1.82, 2.24) is 0 Å². The quantitative estimate of drug-likeness (QED) is 0.716. The molecular formula is C19H20. The van der Waals surface area contributed by atoms with Crippen LogP contribution in [0.1, 0.15) is 33.4 Å². The molecule has 0 heteroatoms. The summed E-state index contributed by atoms with van der Waals surface area (Å²) in [5.41, 5.74) is 10.1. The average molecular weight is 248 g/mol. The van der Waals surface area contributed by atoms with Crippen molar-refractivity contribution in [3.8, 4) is 0 Å². The average Bonchev–Trinajstić information content (AvgIpc) is 2.82. The largest absolute Gasteiger partial charge is 0.0759 e. The van der Waals surface area contributed by atoms with Gasteiger partial charge in [-0.25, -0.2) is 0 Å². The molecule has 0 amide bonds. The molecule has 0 fully saturated rings. The summed E-state index contributed by atoms with van der Waals surface area (Å²) in [4.78, 5) is 0. The van der Waals surface area contributed by atoms with Gasteiger partial charge in [0.2, 0.25) is 0 Å². The highest BCUT2D eigenvalue weighted by atomic mass is 14.2. The number of benzene rings is 2. The maximum atomic E-state index is 2.41. The molecule has 19 heavy (non-hydrogen) atoms. The second kappa shape index (κ2) is 4.70. The molecule has 0 saturated carbocycles. The van der Waals surface area contributed by atoms with Crippen LogP contribution in [-0.4, -0.2) is 0 Å². The Bertz CT molecular complexity index is 642. The van der Waals surface area contributed by atoms with E-state index in [2.05, 4.69) is 63.2 Å². The van der Waals surface area contributed by atoms with E-state index < -0.39 is 0 Å². The number of rotatable bonds is 2. The van der Waals surface area contributed by atoms with Crippen LogP contribution in [0.25, 0.3) is 5.57 Å². The molecule has 0 radical (unpaired) electrons. The van der Waals surface area contributed by atoms with E-state index in [1.54, 1.807) is 0 Å². The molecule has 0 unspecified atom stereocenters. The lowest BCUT2D eigenvalue weighted by atomic mass is 9.93. The highest BCUT2D eigenvalue weighted by Gasteiger charge is 2.18. The van der Waals surface area contributed by atoms with Gasteiger partial charge in [0.25, 0.3) is 0 Å². The van der Waals surface area contributed by atoms with Crippen LogP contribution in [0.2, 0.25) is 0 Å². The molecule has 1 aliphatic rings. The first-order valence-electron chi connectivity index (χ1n) is 6.99. The predicted octanol–water partition coefficient (Wildman–Crippen LogP) is 4.79. The van der Waals surface area contributed by atoms with Crippen molar-refractivity contribution in [2.45, 2.75) is 33.6 Å². The maximum Gasteiger partial charge on any atom is -0.00227 e. The van der Waals surface area contributed by atoms with Gasteiger partial charge in [0.05, 0.1) is 0 Å². The van der Waals surface area contributed by atoms with E-state index in [0.717, 1.165) is 12.8 Å². The van der Waals surface area contributed by atoms with E-state index in [0.29, 0.717) is 0 Å². The summed E-state index contributed by atoms with van der Waals surface area (Å²) in [5, 5.41) is 0. The molecule has 0 atom stereocenters. The minimum absolute atomic E-state index is 1.05. The zero-order chi connectivity index (χ0) is 13.4. The number of hydrogen-bond acceptors (Lipinski definition) is 0. The Hall–Kier alpha value is -1.82. The van der Waals surface area contributed by atoms with Gasteiger partial charge in [0.1, 0.15) is 0 Å². The number of aryl methyl sites for hydroxylation is 3. The number of allylic oxidation sites excluding steroid dienone is 2. The molecule has 2 aromatic rings. The van der Waals surface area contributed by atoms with Gasteiger partial charge in [-0.2, -0.15) is 0 Å². The van der Waals surface area contributed by atoms with Gasteiger partial charge in [-0.1, -0.05) is 48.0 Å². The van der Waals surface area contributed by atoms with Gasteiger partial charge < -0.3 is 0 Å². The molecule has 0 N–H and O–H groups in total. The Morgan fingerprint density at radius 1 is 0.842 bits per heavy atom. The third kappa shape index (κ3) is 2.23. The van der Waals surface area contributed by atoms with Gasteiger partial charge >= 0.3 is 0 Å². The zero-order valence-corrected chi connectivity index (χ0v) is 12.0. The van der Waals surface area contributed by atoms with Crippen molar-refractivity contribution in [3.63, 3.8) is 0 Å². The lowest BCUT2D eigenvalue weighted by molar-refractivity contribution is 1.21.